The fourth-order valence-corrected chi connectivity index (χ4v) is 11.4. The molecular formula is C44H77N2O4+. The highest BCUT2D eigenvalue weighted by atomic mass is 16.5. The van der Waals surface area contributed by atoms with Crippen LogP contribution in [0, 0.1) is 34.5 Å². The van der Waals surface area contributed by atoms with Crippen molar-refractivity contribution in [3.8, 4) is 0 Å². The Morgan fingerprint density at radius 2 is 1.46 bits per heavy atom. The van der Waals surface area contributed by atoms with E-state index in [-0.39, 0.29) is 41.7 Å². The van der Waals surface area contributed by atoms with Gasteiger partial charge in [-0.25, -0.2) is 0 Å². The van der Waals surface area contributed by atoms with Crippen LogP contribution < -0.4 is 5.32 Å². The molecule has 7 atom stereocenters. The van der Waals surface area contributed by atoms with Crippen LogP contribution in [0.3, 0.4) is 0 Å². The molecule has 286 valence electrons. The van der Waals surface area contributed by atoms with Crippen LogP contribution in [0.15, 0.2) is 11.6 Å². The van der Waals surface area contributed by atoms with Crippen molar-refractivity contribution in [1.82, 2.24) is 5.32 Å². The standard InChI is InChI=1S/C44H76N2O4/c1-7-9-11-13-15-17-30-46(6,31-18-16-14-12-10-8-2)32-29-45-41(48)23-24-42(49)50-34(3)38-21-22-39-37-20-19-35-33-36(47)25-27-43(35,4)40(37)26-28-44(38,39)5/h33-34,37-40H,7-32H2,1-6H3/p+1/t34-,37?,38+,39?,40?,43-,44+/m0/s1. The number of carbonyl (C=O) groups excluding carboxylic acids is 3. The molecule has 0 heterocycles. The molecule has 4 aliphatic rings. The van der Waals surface area contributed by atoms with E-state index in [0.29, 0.717) is 42.4 Å². The third-order valence-electron chi connectivity index (χ3n) is 14.6. The number of quaternary nitrogens is 1. The van der Waals surface area contributed by atoms with Gasteiger partial charge < -0.3 is 14.5 Å². The summed E-state index contributed by atoms with van der Waals surface area (Å²) >= 11 is 0. The van der Waals surface area contributed by atoms with Crippen LogP contribution in [0.25, 0.3) is 0 Å². The minimum absolute atomic E-state index is 0.0323. The number of nitrogens with zero attached hydrogens (tertiary/aromatic N) is 1. The molecule has 4 rings (SSSR count). The smallest absolute Gasteiger partial charge is 0.306 e. The van der Waals surface area contributed by atoms with E-state index in [0.717, 1.165) is 30.3 Å². The molecule has 6 heteroatoms. The SMILES string of the molecule is CCCCCCCC[N+](C)(CCCCCCCC)CCNC(=O)CCC(=O)O[C@@H](C)[C@H]1CCC2C3CCC4=CC(=O)CC[C@]4(C)C3CC[C@@]21C. The predicted molar refractivity (Wildman–Crippen MR) is 206 cm³/mol. The van der Waals surface area contributed by atoms with Crippen molar-refractivity contribution in [3.63, 3.8) is 0 Å². The maximum Gasteiger partial charge on any atom is 0.306 e. The van der Waals surface area contributed by atoms with E-state index < -0.39 is 0 Å². The van der Waals surface area contributed by atoms with Gasteiger partial charge in [-0.05, 0) is 112 Å². The number of carbonyl (C=O) groups is 3. The molecule has 3 saturated carbocycles. The summed E-state index contributed by atoms with van der Waals surface area (Å²) in [7, 11) is 2.38. The van der Waals surface area contributed by atoms with Crippen LogP contribution in [-0.2, 0) is 19.1 Å². The summed E-state index contributed by atoms with van der Waals surface area (Å²) in [6.07, 6.45) is 26.7. The van der Waals surface area contributed by atoms with Crippen molar-refractivity contribution >= 4 is 17.7 Å². The molecule has 0 bridgehead atoms. The summed E-state index contributed by atoms with van der Waals surface area (Å²) in [4.78, 5) is 38.1. The van der Waals surface area contributed by atoms with E-state index in [1.54, 1.807) is 0 Å². The lowest BCUT2D eigenvalue weighted by Crippen LogP contribution is -2.51. The zero-order valence-corrected chi connectivity index (χ0v) is 33.4. The van der Waals surface area contributed by atoms with Crippen LogP contribution in [0.2, 0.25) is 0 Å². The Morgan fingerprint density at radius 1 is 0.820 bits per heavy atom. The summed E-state index contributed by atoms with van der Waals surface area (Å²) in [5.74, 6) is 2.48. The van der Waals surface area contributed by atoms with Crippen LogP contribution in [0.5, 0.6) is 0 Å². The van der Waals surface area contributed by atoms with E-state index in [9.17, 15) is 14.4 Å². The van der Waals surface area contributed by atoms with Gasteiger partial charge in [0.15, 0.2) is 5.78 Å². The molecule has 0 aromatic heterocycles. The van der Waals surface area contributed by atoms with E-state index in [4.69, 9.17) is 4.74 Å². The summed E-state index contributed by atoms with van der Waals surface area (Å²) in [6.45, 7) is 15.6. The third-order valence-corrected chi connectivity index (χ3v) is 14.6. The second-order valence-electron chi connectivity index (χ2n) is 18.1. The lowest BCUT2D eigenvalue weighted by Gasteiger charge is -2.58. The average molecular weight is 698 g/mol. The van der Waals surface area contributed by atoms with Crippen LogP contribution >= 0.6 is 0 Å². The van der Waals surface area contributed by atoms with Gasteiger partial charge >= 0.3 is 5.97 Å². The van der Waals surface area contributed by atoms with E-state index in [1.807, 2.05) is 6.08 Å². The summed E-state index contributed by atoms with van der Waals surface area (Å²) in [5.41, 5.74) is 1.80. The number of hydrogen-bond acceptors (Lipinski definition) is 4. The van der Waals surface area contributed by atoms with Crippen LogP contribution in [0.1, 0.15) is 176 Å². The Balaban J connectivity index is 1.19. The average Bonchev–Trinajstić information content (AvgIpc) is 3.45. The molecule has 4 aliphatic carbocycles. The van der Waals surface area contributed by atoms with E-state index in [1.165, 1.54) is 121 Å². The number of nitrogens with one attached hydrogen (secondary N) is 1. The molecule has 6 nitrogen and oxygen atoms in total. The second-order valence-corrected chi connectivity index (χ2v) is 18.1. The molecular weight excluding hydrogens is 620 g/mol. The maximum absolute atomic E-state index is 13.1. The van der Waals surface area contributed by atoms with Crippen molar-refractivity contribution in [1.29, 1.82) is 0 Å². The Kier molecular flexibility index (Phi) is 15.9. The third kappa shape index (κ3) is 10.7. The molecule has 1 amide bonds. The van der Waals surface area contributed by atoms with Crippen molar-refractivity contribution < 1.29 is 23.6 Å². The number of unbranched alkanes of at least 4 members (excludes halogenated alkanes) is 10. The van der Waals surface area contributed by atoms with Gasteiger partial charge in [-0.15, -0.1) is 0 Å². The first kappa shape index (κ1) is 41.1. The largest absolute Gasteiger partial charge is 0.462 e. The highest BCUT2D eigenvalue weighted by Gasteiger charge is 2.60. The van der Waals surface area contributed by atoms with E-state index >= 15 is 0 Å². The highest BCUT2D eigenvalue weighted by molar-refractivity contribution is 5.91. The van der Waals surface area contributed by atoms with Gasteiger partial charge in [0.1, 0.15) is 6.10 Å². The van der Waals surface area contributed by atoms with E-state index in [2.05, 4.69) is 47.0 Å². The number of hydrogen-bond donors (Lipinski definition) is 1. The molecule has 0 aromatic rings. The monoisotopic (exact) mass is 698 g/mol. The molecule has 3 fully saturated rings. The first-order valence-electron chi connectivity index (χ1n) is 21.5. The number of amides is 1. The normalized spacial score (nSPS) is 29.8. The van der Waals surface area contributed by atoms with Gasteiger partial charge in [-0.3, -0.25) is 14.4 Å². The molecule has 0 saturated heterocycles. The van der Waals surface area contributed by atoms with Gasteiger partial charge in [-0.2, -0.15) is 0 Å². The maximum atomic E-state index is 13.1. The second kappa shape index (κ2) is 19.4. The number of allylic oxidation sites excluding steroid dienone is 1. The van der Waals surface area contributed by atoms with Crippen molar-refractivity contribution in [3.05, 3.63) is 11.6 Å². The zero-order valence-electron chi connectivity index (χ0n) is 33.4. The zero-order chi connectivity index (χ0) is 36.2. The summed E-state index contributed by atoms with van der Waals surface area (Å²) < 4.78 is 7.13. The first-order valence-corrected chi connectivity index (χ1v) is 21.5. The molecule has 50 heavy (non-hydrogen) atoms. The minimum atomic E-state index is -0.230. The van der Waals surface area contributed by atoms with Gasteiger partial charge in [0.05, 0.1) is 39.6 Å². The molecule has 0 spiro atoms. The predicted octanol–water partition coefficient (Wildman–Crippen LogP) is 10.1. The fraction of sp³-hybridized carbons (Fsp3) is 0.886. The number of ketones is 1. The minimum Gasteiger partial charge on any atom is -0.462 e. The number of rotatable bonds is 22. The first-order chi connectivity index (χ1) is 24.0. The highest BCUT2D eigenvalue weighted by Crippen LogP contribution is 2.67. The summed E-state index contributed by atoms with van der Waals surface area (Å²) in [5, 5.41) is 3.15. The molecule has 0 aliphatic heterocycles. The Bertz CT molecular complexity index is 1120. The lowest BCUT2D eigenvalue weighted by atomic mass is 9.46. The Hall–Kier alpha value is -1.69. The van der Waals surface area contributed by atoms with Gasteiger partial charge in [0.2, 0.25) is 5.91 Å². The van der Waals surface area contributed by atoms with Gasteiger partial charge in [0, 0.05) is 18.8 Å². The van der Waals surface area contributed by atoms with Gasteiger partial charge in [-0.1, -0.05) is 84.6 Å². The van der Waals surface area contributed by atoms with Crippen LogP contribution in [-0.4, -0.2) is 61.5 Å². The Morgan fingerprint density at radius 3 is 2.12 bits per heavy atom. The quantitative estimate of drug-likeness (QED) is 0.0694. The van der Waals surface area contributed by atoms with Crippen molar-refractivity contribution in [2.75, 3.05) is 33.2 Å². The lowest BCUT2D eigenvalue weighted by molar-refractivity contribution is -0.908. The topological polar surface area (TPSA) is 72.5 Å². The van der Waals surface area contributed by atoms with Crippen molar-refractivity contribution in [2.45, 2.75) is 182 Å². The molecule has 3 unspecified atom stereocenters. The fourth-order valence-electron chi connectivity index (χ4n) is 11.4. The van der Waals surface area contributed by atoms with Crippen LogP contribution in [0.4, 0.5) is 0 Å². The molecule has 1 N–H and O–H groups in total. The summed E-state index contributed by atoms with van der Waals surface area (Å²) in [6, 6.07) is 0. The number of ether oxygens (including phenoxy) is 1. The van der Waals surface area contributed by atoms with Gasteiger partial charge in [0.25, 0.3) is 0 Å². The number of fused-ring (bicyclic) bond motifs is 5. The Labute approximate surface area is 307 Å². The molecule has 0 radical (unpaired) electrons. The number of esters is 1. The molecule has 0 aromatic carbocycles. The number of likely N-dealkylation sites (N-methyl/N-ethyl adjacent to an activating group) is 1. The van der Waals surface area contributed by atoms with Crippen molar-refractivity contribution in [2.24, 2.45) is 34.5 Å².